The van der Waals surface area contributed by atoms with Gasteiger partial charge in [-0.15, -0.1) is 0 Å². The lowest BCUT2D eigenvalue weighted by Crippen LogP contribution is -2.14. The molecule has 2 heterocycles. The second-order valence-electron chi connectivity index (χ2n) is 6.68. The lowest BCUT2D eigenvalue weighted by Gasteiger charge is -2.06. The van der Waals surface area contributed by atoms with Crippen LogP contribution in [0, 0.1) is 12.7 Å². The summed E-state index contributed by atoms with van der Waals surface area (Å²) in [7, 11) is 0. The number of hydrogen-bond acceptors (Lipinski definition) is 5. The fourth-order valence-electron chi connectivity index (χ4n) is 3.27. The highest BCUT2D eigenvalue weighted by Crippen LogP contribution is 2.33. The Kier molecular flexibility index (Phi) is 4.22. The van der Waals surface area contributed by atoms with Crippen LogP contribution in [0.5, 0.6) is 0 Å². The number of hydrogen-bond donors (Lipinski definition) is 1. The standard InChI is InChI=1S/C21H16FNO5/c1-10-13-4-3-5-15(22)19(13)28-18(10)21(26)27-9-17(24)12-6-7-16-14(8-12)11(2)20(25)23-16/h3-8,11H,9H2,1-2H3,(H,23,25)/t11-/m0/s1. The predicted octanol–water partition coefficient (Wildman–Crippen LogP) is 3.98. The Balaban J connectivity index is 1.50. The minimum atomic E-state index is -0.840. The van der Waals surface area contributed by atoms with Crippen LogP contribution in [-0.4, -0.2) is 24.3 Å². The molecule has 3 aromatic rings. The lowest BCUT2D eigenvalue weighted by molar-refractivity contribution is -0.116. The van der Waals surface area contributed by atoms with Crippen molar-refractivity contribution in [2.45, 2.75) is 19.8 Å². The minimum Gasteiger partial charge on any atom is -0.451 e. The van der Waals surface area contributed by atoms with Crippen LogP contribution in [-0.2, 0) is 9.53 Å². The summed E-state index contributed by atoms with van der Waals surface area (Å²) < 4.78 is 24.2. The Bertz CT molecular complexity index is 1150. The second kappa shape index (κ2) is 6.60. The number of Topliss-reactive ketones (excluding diaryl/α,β-unsaturated/α-hetero) is 1. The van der Waals surface area contributed by atoms with Crippen molar-refractivity contribution in [2.24, 2.45) is 0 Å². The van der Waals surface area contributed by atoms with Crippen molar-refractivity contribution in [3.63, 3.8) is 0 Å². The Hall–Kier alpha value is -3.48. The molecule has 1 amide bonds. The Morgan fingerprint density at radius 1 is 1.25 bits per heavy atom. The molecule has 0 bridgehead atoms. The third-order valence-electron chi connectivity index (χ3n) is 4.93. The van der Waals surface area contributed by atoms with E-state index >= 15 is 0 Å². The smallest absolute Gasteiger partial charge is 0.375 e. The number of nitrogens with one attached hydrogen (secondary N) is 1. The number of carbonyl (C=O) groups is 3. The summed E-state index contributed by atoms with van der Waals surface area (Å²) in [6, 6.07) is 9.23. The van der Waals surface area contributed by atoms with Gasteiger partial charge in [0.1, 0.15) is 0 Å². The van der Waals surface area contributed by atoms with Crippen molar-refractivity contribution in [3.8, 4) is 0 Å². The number of carbonyl (C=O) groups excluding carboxylic acids is 3. The maximum absolute atomic E-state index is 13.8. The van der Waals surface area contributed by atoms with Gasteiger partial charge in [0, 0.05) is 22.2 Å². The molecule has 0 aliphatic carbocycles. The number of para-hydroxylation sites is 1. The first kappa shape index (κ1) is 17.9. The summed E-state index contributed by atoms with van der Waals surface area (Å²) in [6.07, 6.45) is 0. The summed E-state index contributed by atoms with van der Waals surface area (Å²) in [4.78, 5) is 36.4. The molecule has 0 spiro atoms. The number of fused-ring (bicyclic) bond motifs is 2. The Labute approximate surface area is 159 Å². The lowest BCUT2D eigenvalue weighted by atomic mass is 9.99. The Morgan fingerprint density at radius 3 is 2.79 bits per heavy atom. The molecule has 28 heavy (non-hydrogen) atoms. The van der Waals surface area contributed by atoms with Crippen LogP contribution in [0.4, 0.5) is 10.1 Å². The van der Waals surface area contributed by atoms with Gasteiger partial charge in [-0.3, -0.25) is 9.59 Å². The van der Waals surface area contributed by atoms with Crippen LogP contribution in [0.15, 0.2) is 40.8 Å². The fraction of sp³-hybridized carbons (Fsp3) is 0.190. The van der Waals surface area contributed by atoms with Crippen molar-refractivity contribution in [1.82, 2.24) is 0 Å². The molecule has 0 unspecified atom stereocenters. The van der Waals surface area contributed by atoms with Crippen LogP contribution >= 0.6 is 0 Å². The molecule has 1 aliphatic rings. The molecule has 6 nitrogen and oxygen atoms in total. The topological polar surface area (TPSA) is 85.6 Å². The number of esters is 1. The molecule has 2 aromatic carbocycles. The molecular weight excluding hydrogens is 365 g/mol. The summed E-state index contributed by atoms with van der Waals surface area (Å²) in [5, 5.41) is 3.20. The van der Waals surface area contributed by atoms with E-state index in [9.17, 15) is 18.8 Å². The quantitative estimate of drug-likeness (QED) is 0.546. The van der Waals surface area contributed by atoms with Gasteiger partial charge in [0.2, 0.25) is 11.7 Å². The van der Waals surface area contributed by atoms with E-state index in [4.69, 9.17) is 9.15 Å². The largest absolute Gasteiger partial charge is 0.451 e. The number of ether oxygens (including phenoxy) is 1. The van der Waals surface area contributed by atoms with Crippen molar-refractivity contribution in [3.05, 3.63) is 64.7 Å². The van der Waals surface area contributed by atoms with E-state index in [1.807, 2.05) is 0 Å². The first-order valence-corrected chi connectivity index (χ1v) is 8.69. The van der Waals surface area contributed by atoms with Crippen LogP contribution < -0.4 is 5.32 Å². The second-order valence-corrected chi connectivity index (χ2v) is 6.68. The normalized spacial score (nSPS) is 15.4. The van der Waals surface area contributed by atoms with E-state index in [1.165, 1.54) is 12.1 Å². The van der Waals surface area contributed by atoms with Crippen LogP contribution in [0.2, 0.25) is 0 Å². The van der Waals surface area contributed by atoms with Gasteiger partial charge in [-0.2, -0.15) is 0 Å². The molecule has 0 radical (unpaired) electrons. The van der Waals surface area contributed by atoms with Crippen molar-refractivity contribution in [2.75, 3.05) is 11.9 Å². The highest BCUT2D eigenvalue weighted by molar-refractivity contribution is 6.05. The highest BCUT2D eigenvalue weighted by Gasteiger charge is 2.27. The molecule has 1 N–H and O–H groups in total. The van der Waals surface area contributed by atoms with Crippen molar-refractivity contribution in [1.29, 1.82) is 0 Å². The average molecular weight is 381 g/mol. The summed E-state index contributed by atoms with van der Waals surface area (Å²) in [6.45, 7) is 2.88. The molecule has 1 aromatic heterocycles. The minimum absolute atomic E-state index is 0.0250. The molecular formula is C21H16FNO5. The van der Waals surface area contributed by atoms with Gasteiger partial charge >= 0.3 is 5.97 Å². The number of anilines is 1. The van der Waals surface area contributed by atoms with Crippen molar-refractivity contribution >= 4 is 34.3 Å². The van der Waals surface area contributed by atoms with Crippen LogP contribution in [0.3, 0.4) is 0 Å². The molecule has 1 atom stereocenters. The van der Waals surface area contributed by atoms with E-state index in [2.05, 4.69) is 5.32 Å². The predicted molar refractivity (Wildman–Crippen MR) is 99.0 cm³/mol. The zero-order chi connectivity index (χ0) is 20.0. The molecule has 7 heteroatoms. The van der Waals surface area contributed by atoms with Gasteiger partial charge in [-0.05, 0) is 43.7 Å². The molecule has 4 rings (SSSR count). The van der Waals surface area contributed by atoms with E-state index in [1.54, 1.807) is 38.1 Å². The summed E-state index contributed by atoms with van der Waals surface area (Å²) >= 11 is 0. The van der Waals surface area contributed by atoms with E-state index in [0.717, 1.165) is 5.56 Å². The number of halogens is 1. The van der Waals surface area contributed by atoms with Gasteiger partial charge < -0.3 is 14.5 Å². The monoisotopic (exact) mass is 381 g/mol. The SMILES string of the molecule is Cc1c(C(=O)OCC(=O)c2ccc3c(c2)[C@H](C)C(=O)N3)oc2c(F)cccc12. The summed E-state index contributed by atoms with van der Waals surface area (Å²) in [5.74, 6) is -2.44. The molecule has 0 saturated heterocycles. The number of aryl methyl sites for hydroxylation is 1. The number of benzene rings is 2. The van der Waals surface area contributed by atoms with Crippen LogP contribution in [0.25, 0.3) is 11.0 Å². The van der Waals surface area contributed by atoms with Gasteiger partial charge in [-0.25, -0.2) is 9.18 Å². The number of rotatable bonds is 4. The van der Waals surface area contributed by atoms with E-state index in [-0.39, 0.29) is 23.2 Å². The van der Waals surface area contributed by atoms with E-state index < -0.39 is 24.2 Å². The highest BCUT2D eigenvalue weighted by atomic mass is 19.1. The maximum atomic E-state index is 13.8. The van der Waals surface area contributed by atoms with Crippen molar-refractivity contribution < 1.29 is 27.9 Å². The molecule has 0 fully saturated rings. The fourth-order valence-corrected chi connectivity index (χ4v) is 3.27. The van der Waals surface area contributed by atoms with Gasteiger partial charge in [0.05, 0.1) is 5.92 Å². The molecule has 142 valence electrons. The molecule has 1 aliphatic heterocycles. The number of furan rings is 1. The Morgan fingerprint density at radius 2 is 2.04 bits per heavy atom. The number of amides is 1. The van der Waals surface area contributed by atoms with Gasteiger partial charge in [0.15, 0.2) is 23.8 Å². The van der Waals surface area contributed by atoms with Gasteiger partial charge in [-0.1, -0.05) is 12.1 Å². The average Bonchev–Trinajstić information content (AvgIpc) is 3.17. The zero-order valence-corrected chi connectivity index (χ0v) is 15.2. The zero-order valence-electron chi connectivity index (χ0n) is 15.2. The van der Waals surface area contributed by atoms with Gasteiger partial charge in [0.25, 0.3) is 0 Å². The first-order chi connectivity index (χ1) is 13.4. The first-order valence-electron chi connectivity index (χ1n) is 8.69. The number of ketones is 1. The van der Waals surface area contributed by atoms with Crippen LogP contribution in [0.1, 0.15) is 44.9 Å². The third-order valence-corrected chi connectivity index (χ3v) is 4.93. The molecule has 0 saturated carbocycles. The summed E-state index contributed by atoms with van der Waals surface area (Å²) in [5.41, 5.74) is 2.16. The maximum Gasteiger partial charge on any atom is 0.375 e. The van der Waals surface area contributed by atoms with E-state index in [0.29, 0.717) is 22.2 Å². The third kappa shape index (κ3) is 2.85.